The third-order valence-corrected chi connectivity index (χ3v) is 5.75. The highest BCUT2D eigenvalue weighted by Gasteiger charge is 2.24. The number of nitrogens with one attached hydrogen (secondary N) is 1. The van der Waals surface area contributed by atoms with E-state index in [1.807, 2.05) is 11.8 Å². The second-order valence-electron chi connectivity index (χ2n) is 5.76. The number of carbonyl (C=O) groups is 1. The summed E-state index contributed by atoms with van der Waals surface area (Å²) in [6.45, 7) is 5.45. The predicted octanol–water partition coefficient (Wildman–Crippen LogP) is 2.65. The quantitative estimate of drug-likeness (QED) is 0.861. The standard InChI is InChI=1S/C15H28N2OS/c1-2-13-6-4-3-5-11-17(13)15(18)12-19-14-7-9-16-10-8-14/h13-14,16H,2-12H2,1H3. The number of rotatable bonds is 4. The highest BCUT2D eigenvalue weighted by molar-refractivity contribution is 8.00. The van der Waals surface area contributed by atoms with Crippen molar-refractivity contribution in [1.82, 2.24) is 10.2 Å². The van der Waals surface area contributed by atoms with Gasteiger partial charge >= 0.3 is 0 Å². The van der Waals surface area contributed by atoms with Gasteiger partial charge in [0.05, 0.1) is 5.75 Å². The average Bonchev–Trinajstić information content (AvgIpc) is 2.71. The van der Waals surface area contributed by atoms with E-state index >= 15 is 0 Å². The number of thioether (sulfide) groups is 1. The summed E-state index contributed by atoms with van der Waals surface area (Å²) in [5.41, 5.74) is 0. The van der Waals surface area contributed by atoms with E-state index in [1.165, 1.54) is 38.5 Å². The van der Waals surface area contributed by atoms with Gasteiger partial charge in [0.2, 0.25) is 5.91 Å². The second-order valence-corrected chi connectivity index (χ2v) is 7.05. The molecule has 2 aliphatic rings. The van der Waals surface area contributed by atoms with Gasteiger partial charge in [0.15, 0.2) is 0 Å². The molecule has 0 aromatic carbocycles. The first-order valence-corrected chi connectivity index (χ1v) is 8.98. The highest BCUT2D eigenvalue weighted by atomic mass is 32.2. The fourth-order valence-electron chi connectivity index (χ4n) is 3.16. The Morgan fingerprint density at radius 1 is 1.21 bits per heavy atom. The largest absolute Gasteiger partial charge is 0.339 e. The molecule has 110 valence electrons. The molecule has 2 fully saturated rings. The Kier molecular flexibility index (Phi) is 6.51. The van der Waals surface area contributed by atoms with E-state index in [4.69, 9.17) is 0 Å². The van der Waals surface area contributed by atoms with Gasteiger partial charge in [-0.2, -0.15) is 0 Å². The molecule has 4 heteroatoms. The Morgan fingerprint density at radius 3 is 2.74 bits per heavy atom. The van der Waals surface area contributed by atoms with Crippen LogP contribution in [-0.4, -0.2) is 47.5 Å². The van der Waals surface area contributed by atoms with Crippen molar-refractivity contribution in [2.45, 2.75) is 63.2 Å². The lowest BCUT2D eigenvalue weighted by molar-refractivity contribution is -0.130. The van der Waals surface area contributed by atoms with E-state index in [-0.39, 0.29) is 0 Å². The third kappa shape index (κ3) is 4.67. The molecule has 0 aromatic heterocycles. The van der Waals surface area contributed by atoms with Gasteiger partial charge in [-0.3, -0.25) is 4.79 Å². The molecule has 0 bridgehead atoms. The number of amides is 1. The van der Waals surface area contributed by atoms with Gasteiger partial charge in [0.1, 0.15) is 0 Å². The summed E-state index contributed by atoms with van der Waals surface area (Å²) in [5.74, 6) is 1.08. The van der Waals surface area contributed by atoms with Crippen molar-refractivity contribution in [2.75, 3.05) is 25.4 Å². The Hall–Kier alpha value is -0.220. The smallest absolute Gasteiger partial charge is 0.232 e. The first-order valence-electron chi connectivity index (χ1n) is 7.93. The number of likely N-dealkylation sites (tertiary alicyclic amines) is 1. The predicted molar refractivity (Wildman–Crippen MR) is 82.6 cm³/mol. The summed E-state index contributed by atoms with van der Waals surface area (Å²) in [6.07, 6.45) is 8.54. The maximum Gasteiger partial charge on any atom is 0.232 e. The minimum absolute atomic E-state index is 0.386. The molecule has 2 saturated heterocycles. The molecule has 0 aromatic rings. The molecule has 3 nitrogen and oxygen atoms in total. The minimum Gasteiger partial charge on any atom is -0.339 e. The molecular weight excluding hydrogens is 256 g/mol. The van der Waals surface area contributed by atoms with Crippen LogP contribution in [0.3, 0.4) is 0 Å². The minimum atomic E-state index is 0.386. The maximum absolute atomic E-state index is 12.5. The topological polar surface area (TPSA) is 32.3 Å². The van der Waals surface area contributed by atoms with Gasteiger partial charge in [0, 0.05) is 17.8 Å². The lowest BCUT2D eigenvalue weighted by Gasteiger charge is -2.30. The molecule has 19 heavy (non-hydrogen) atoms. The van der Waals surface area contributed by atoms with Gasteiger partial charge in [-0.15, -0.1) is 11.8 Å². The molecule has 0 saturated carbocycles. The summed E-state index contributed by atoms with van der Waals surface area (Å²) in [6, 6.07) is 0.503. The molecular formula is C15H28N2OS. The molecule has 2 rings (SSSR count). The first kappa shape index (κ1) is 15.2. The van der Waals surface area contributed by atoms with Crippen molar-refractivity contribution in [3.63, 3.8) is 0 Å². The average molecular weight is 284 g/mol. The van der Waals surface area contributed by atoms with Crippen molar-refractivity contribution in [1.29, 1.82) is 0 Å². The second kappa shape index (κ2) is 8.15. The molecule has 0 spiro atoms. The molecule has 2 heterocycles. The monoisotopic (exact) mass is 284 g/mol. The first-order chi connectivity index (χ1) is 9.31. The molecule has 0 radical (unpaired) electrons. The van der Waals surface area contributed by atoms with Crippen molar-refractivity contribution in [3.05, 3.63) is 0 Å². The molecule has 1 unspecified atom stereocenters. The lowest BCUT2D eigenvalue weighted by atomic mass is 10.1. The van der Waals surface area contributed by atoms with E-state index < -0.39 is 0 Å². The van der Waals surface area contributed by atoms with Crippen LogP contribution >= 0.6 is 11.8 Å². The number of carbonyl (C=O) groups excluding carboxylic acids is 1. The summed E-state index contributed by atoms with van der Waals surface area (Å²) in [4.78, 5) is 14.6. The zero-order valence-corrected chi connectivity index (χ0v) is 13.0. The Bertz CT molecular complexity index is 279. The summed E-state index contributed by atoms with van der Waals surface area (Å²) in [5, 5.41) is 4.07. The highest BCUT2D eigenvalue weighted by Crippen LogP contribution is 2.23. The summed E-state index contributed by atoms with van der Waals surface area (Å²) < 4.78 is 0. The van der Waals surface area contributed by atoms with Crippen LogP contribution in [0.1, 0.15) is 51.9 Å². The number of hydrogen-bond acceptors (Lipinski definition) is 3. The fraction of sp³-hybridized carbons (Fsp3) is 0.933. The van der Waals surface area contributed by atoms with Crippen LogP contribution in [0.5, 0.6) is 0 Å². The van der Waals surface area contributed by atoms with Crippen LogP contribution in [0.4, 0.5) is 0 Å². The van der Waals surface area contributed by atoms with Gasteiger partial charge < -0.3 is 10.2 Å². The zero-order valence-electron chi connectivity index (χ0n) is 12.2. The molecule has 1 amide bonds. The van der Waals surface area contributed by atoms with Crippen LogP contribution in [0, 0.1) is 0 Å². The normalized spacial score (nSPS) is 26.2. The SMILES string of the molecule is CCC1CCCCCN1C(=O)CSC1CCNCC1. The number of hydrogen-bond donors (Lipinski definition) is 1. The van der Waals surface area contributed by atoms with Crippen LogP contribution in [0.15, 0.2) is 0 Å². The Balaban J connectivity index is 1.79. The van der Waals surface area contributed by atoms with E-state index in [2.05, 4.69) is 17.1 Å². The molecule has 0 aliphatic carbocycles. The zero-order chi connectivity index (χ0) is 13.5. The van der Waals surface area contributed by atoms with Crippen LogP contribution in [-0.2, 0) is 4.79 Å². The lowest BCUT2D eigenvalue weighted by Crippen LogP contribution is -2.41. The van der Waals surface area contributed by atoms with E-state index in [1.54, 1.807) is 0 Å². The molecule has 2 aliphatic heterocycles. The Morgan fingerprint density at radius 2 is 2.00 bits per heavy atom. The summed E-state index contributed by atoms with van der Waals surface area (Å²) in [7, 11) is 0. The van der Waals surface area contributed by atoms with Crippen LogP contribution in [0.25, 0.3) is 0 Å². The van der Waals surface area contributed by atoms with Crippen LogP contribution < -0.4 is 5.32 Å². The van der Waals surface area contributed by atoms with Gasteiger partial charge in [-0.05, 0) is 45.2 Å². The van der Waals surface area contributed by atoms with E-state index in [0.29, 0.717) is 23.0 Å². The molecule has 1 N–H and O–H groups in total. The van der Waals surface area contributed by atoms with Gasteiger partial charge in [-0.1, -0.05) is 19.8 Å². The third-order valence-electron chi connectivity index (χ3n) is 4.40. The van der Waals surface area contributed by atoms with Gasteiger partial charge in [0.25, 0.3) is 0 Å². The van der Waals surface area contributed by atoms with E-state index in [9.17, 15) is 4.79 Å². The Labute approximate surface area is 121 Å². The van der Waals surface area contributed by atoms with Crippen molar-refractivity contribution in [2.24, 2.45) is 0 Å². The van der Waals surface area contributed by atoms with Crippen molar-refractivity contribution < 1.29 is 4.79 Å². The summed E-state index contributed by atoms with van der Waals surface area (Å²) >= 11 is 1.89. The van der Waals surface area contributed by atoms with E-state index in [0.717, 1.165) is 26.1 Å². The van der Waals surface area contributed by atoms with Crippen molar-refractivity contribution in [3.8, 4) is 0 Å². The van der Waals surface area contributed by atoms with Gasteiger partial charge in [-0.25, -0.2) is 0 Å². The fourth-order valence-corrected chi connectivity index (χ4v) is 4.28. The molecule has 1 atom stereocenters. The van der Waals surface area contributed by atoms with Crippen molar-refractivity contribution >= 4 is 17.7 Å². The maximum atomic E-state index is 12.5. The number of piperidine rings is 1. The number of nitrogens with zero attached hydrogens (tertiary/aromatic N) is 1. The van der Waals surface area contributed by atoms with Crippen LogP contribution in [0.2, 0.25) is 0 Å².